The smallest absolute Gasteiger partial charge is 0.117 e. The normalized spacial score (nSPS) is 20.7. The van der Waals surface area contributed by atoms with Gasteiger partial charge >= 0.3 is 0 Å². The minimum absolute atomic E-state index is 0.445. The van der Waals surface area contributed by atoms with E-state index in [-0.39, 0.29) is 0 Å². The van der Waals surface area contributed by atoms with E-state index in [0.29, 0.717) is 18.6 Å². The third-order valence-corrected chi connectivity index (χ3v) is 5.48. The molecular weight excluding hydrogens is 335 g/mol. The van der Waals surface area contributed by atoms with Gasteiger partial charge in [-0.1, -0.05) is 60.7 Å². The quantitative estimate of drug-likeness (QED) is 0.677. The minimum Gasteiger partial charge on any atom is -0.311 e. The highest BCUT2D eigenvalue weighted by Crippen LogP contribution is 2.26. The number of hydrogen-bond acceptors (Lipinski definition) is 2. The van der Waals surface area contributed by atoms with Crippen LogP contribution in [0.1, 0.15) is 50.7 Å². The van der Waals surface area contributed by atoms with E-state index in [1.54, 1.807) is 13.8 Å². The molecule has 0 atom stereocenters. The Labute approximate surface area is 163 Å². The Bertz CT molecular complexity index is 616. The Morgan fingerprint density at radius 3 is 1.78 bits per heavy atom. The minimum atomic E-state index is -1.14. The van der Waals surface area contributed by atoms with Crippen LogP contribution in [0.25, 0.3) is 0 Å². The van der Waals surface area contributed by atoms with Gasteiger partial charge in [0.25, 0.3) is 0 Å². The van der Waals surface area contributed by atoms with Crippen molar-refractivity contribution in [1.82, 2.24) is 10.2 Å². The first-order valence-corrected chi connectivity index (χ1v) is 10.2. The molecule has 0 saturated heterocycles. The molecule has 3 rings (SSSR count). The number of nitrogens with one attached hydrogen (secondary N) is 1. The summed E-state index contributed by atoms with van der Waals surface area (Å²) < 4.78 is 13.8. The fraction of sp³-hybridized carbons (Fsp3) is 0.500. The molecule has 1 aliphatic rings. The Morgan fingerprint density at radius 1 is 0.852 bits per heavy atom. The summed E-state index contributed by atoms with van der Waals surface area (Å²) in [6.45, 7) is 5.70. The van der Waals surface area contributed by atoms with Crippen LogP contribution in [0.3, 0.4) is 0 Å². The van der Waals surface area contributed by atoms with Crippen LogP contribution < -0.4 is 5.32 Å². The summed E-state index contributed by atoms with van der Waals surface area (Å²) in [6.07, 6.45) is 4.59. The zero-order valence-electron chi connectivity index (χ0n) is 16.7. The Kier molecular flexibility index (Phi) is 7.03. The van der Waals surface area contributed by atoms with Crippen molar-refractivity contribution in [2.24, 2.45) is 0 Å². The highest BCUT2D eigenvalue weighted by Gasteiger charge is 2.27. The average Bonchev–Trinajstić information content (AvgIpc) is 2.67. The number of benzene rings is 2. The van der Waals surface area contributed by atoms with Crippen molar-refractivity contribution >= 4 is 0 Å². The summed E-state index contributed by atoms with van der Waals surface area (Å²) in [5.74, 6) is 0. The summed E-state index contributed by atoms with van der Waals surface area (Å²) in [5, 5.41) is 3.43. The van der Waals surface area contributed by atoms with Gasteiger partial charge in [-0.3, -0.25) is 4.90 Å². The van der Waals surface area contributed by atoms with Gasteiger partial charge in [-0.05, 0) is 50.7 Å². The van der Waals surface area contributed by atoms with Crippen molar-refractivity contribution in [1.29, 1.82) is 0 Å². The SMILES string of the molecule is CC(C)(F)CNC1CCC(N(Cc2ccccc2)Cc2ccccc2)CC1. The van der Waals surface area contributed by atoms with E-state index in [9.17, 15) is 4.39 Å². The van der Waals surface area contributed by atoms with Gasteiger partial charge in [-0.2, -0.15) is 0 Å². The van der Waals surface area contributed by atoms with Crippen LogP contribution in [0.4, 0.5) is 4.39 Å². The van der Waals surface area contributed by atoms with Gasteiger partial charge in [0.05, 0.1) is 0 Å². The molecule has 3 heteroatoms. The first-order chi connectivity index (χ1) is 13.0. The molecule has 2 nitrogen and oxygen atoms in total. The van der Waals surface area contributed by atoms with Gasteiger partial charge in [0.15, 0.2) is 0 Å². The molecule has 0 aromatic heterocycles. The number of rotatable bonds is 8. The van der Waals surface area contributed by atoms with Gasteiger partial charge in [-0.25, -0.2) is 4.39 Å². The lowest BCUT2D eigenvalue weighted by Gasteiger charge is -2.38. The van der Waals surface area contributed by atoms with E-state index >= 15 is 0 Å². The average molecular weight is 369 g/mol. The molecule has 0 heterocycles. The maximum absolute atomic E-state index is 13.8. The molecule has 1 aliphatic carbocycles. The molecule has 0 amide bonds. The van der Waals surface area contributed by atoms with E-state index in [4.69, 9.17) is 0 Å². The second kappa shape index (κ2) is 9.48. The number of alkyl halides is 1. The second-order valence-electron chi connectivity index (χ2n) is 8.48. The van der Waals surface area contributed by atoms with Crippen LogP contribution in [0.2, 0.25) is 0 Å². The maximum Gasteiger partial charge on any atom is 0.117 e. The maximum atomic E-state index is 13.8. The van der Waals surface area contributed by atoms with Gasteiger partial charge in [-0.15, -0.1) is 0 Å². The second-order valence-corrected chi connectivity index (χ2v) is 8.48. The molecule has 2 aromatic carbocycles. The van der Waals surface area contributed by atoms with Crippen molar-refractivity contribution in [3.05, 3.63) is 71.8 Å². The molecule has 0 spiro atoms. The van der Waals surface area contributed by atoms with E-state index in [0.717, 1.165) is 25.9 Å². The van der Waals surface area contributed by atoms with E-state index in [1.165, 1.54) is 24.0 Å². The van der Waals surface area contributed by atoms with Gasteiger partial charge in [0.2, 0.25) is 0 Å². The predicted octanol–water partition coefficient (Wildman–Crippen LogP) is 5.34. The first kappa shape index (κ1) is 20.0. The molecule has 0 unspecified atom stereocenters. The molecule has 0 aliphatic heterocycles. The standard InChI is InChI=1S/C24H33FN2/c1-24(2,25)19-26-22-13-15-23(16-14-22)27(17-20-9-5-3-6-10-20)18-21-11-7-4-8-12-21/h3-12,22-23,26H,13-19H2,1-2H3. The predicted molar refractivity (Wildman–Crippen MR) is 111 cm³/mol. The van der Waals surface area contributed by atoms with Gasteiger partial charge in [0, 0.05) is 31.7 Å². The monoisotopic (exact) mass is 368 g/mol. The largest absolute Gasteiger partial charge is 0.311 e. The summed E-state index contributed by atoms with van der Waals surface area (Å²) >= 11 is 0. The zero-order valence-corrected chi connectivity index (χ0v) is 16.7. The topological polar surface area (TPSA) is 15.3 Å². The molecular formula is C24H33FN2. The molecule has 1 fully saturated rings. The summed E-state index contributed by atoms with van der Waals surface area (Å²) in [5.41, 5.74) is 1.60. The fourth-order valence-corrected chi connectivity index (χ4v) is 3.98. The fourth-order valence-electron chi connectivity index (χ4n) is 3.98. The van der Waals surface area contributed by atoms with Crippen molar-refractivity contribution < 1.29 is 4.39 Å². The molecule has 2 aromatic rings. The van der Waals surface area contributed by atoms with Crippen LogP contribution in [0.5, 0.6) is 0 Å². The third kappa shape index (κ3) is 6.75. The van der Waals surface area contributed by atoms with Crippen LogP contribution in [-0.2, 0) is 13.1 Å². The highest BCUT2D eigenvalue weighted by atomic mass is 19.1. The van der Waals surface area contributed by atoms with Crippen LogP contribution >= 0.6 is 0 Å². The summed E-state index contributed by atoms with van der Waals surface area (Å²) in [4.78, 5) is 2.62. The molecule has 146 valence electrons. The molecule has 1 N–H and O–H groups in total. The lowest BCUT2D eigenvalue weighted by molar-refractivity contribution is 0.122. The highest BCUT2D eigenvalue weighted by molar-refractivity contribution is 5.17. The van der Waals surface area contributed by atoms with E-state index in [1.807, 2.05) is 0 Å². The third-order valence-electron chi connectivity index (χ3n) is 5.48. The zero-order chi connectivity index (χ0) is 19.1. The number of hydrogen-bond donors (Lipinski definition) is 1. The van der Waals surface area contributed by atoms with Gasteiger partial charge in [0.1, 0.15) is 5.67 Å². The van der Waals surface area contributed by atoms with Crippen molar-refractivity contribution in [2.75, 3.05) is 6.54 Å². The first-order valence-electron chi connectivity index (χ1n) is 10.2. The Morgan fingerprint density at radius 2 is 1.33 bits per heavy atom. The molecule has 27 heavy (non-hydrogen) atoms. The van der Waals surface area contributed by atoms with Crippen LogP contribution in [0, 0.1) is 0 Å². The van der Waals surface area contributed by atoms with Crippen molar-refractivity contribution in [3.8, 4) is 0 Å². The van der Waals surface area contributed by atoms with E-state index < -0.39 is 5.67 Å². The lowest BCUT2D eigenvalue weighted by atomic mass is 9.89. The van der Waals surface area contributed by atoms with Crippen LogP contribution in [-0.4, -0.2) is 29.2 Å². The molecule has 0 radical (unpaired) electrons. The van der Waals surface area contributed by atoms with Crippen molar-refractivity contribution in [3.63, 3.8) is 0 Å². The number of nitrogens with zero attached hydrogens (tertiary/aromatic N) is 1. The molecule has 1 saturated carbocycles. The van der Waals surface area contributed by atoms with E-state index in [2.05, 4.69) is 70.9 Å². The lowest BCUT2D eigenvalue weighted by Crippen LogP contribution is -2.44. The Hall–Kier alpha value is -1.71. The van der Waals surface area contributed by atoms with Crippen LogP contribution in [0.15, 0.2) is 60.7 Å². The Balaban J connectivity index is 1.61. The number of halogens is 1. The summed E-state index contributed by atoms with van der Waals surface area (Å²) in [6, 6.07) is 22.5. The van der Waals surface area contributed by atoms with Crippen molar-refractivity contribution in [2.45, 2.75) is 70.4 Å². The van der Waals surface area contributed by atoms with Gasteiger partial charge < -0.3 is 5.32 Å². The molecule has 0 bridgehead atoms. The summed E-state index contributed by atoms with van der Waals surface area (Å²) in [7, 11) is 0.